The SMILES string of the molecule is CCN1c2ccccc2Sc2cccc(C=NNc3ccccc3)c21. The number of benzene rings is 3. The lowest BCUT2D eigenvalue weighted by Gasteiger charge is -2.33. The van der Waals surface area contributed by atoms with E-state index in [1.165, 1.54) is 21.2 Å². The van der Waals surface area contributed by atoms with Crippen molar-refractivity contribution >= 4 is 35.0 Å². The number of rotatable bonds is 4. The molecule has 0 saturated heterocycles. The number of nitrogens with one attached hydrogen (secondary N) is 1. The molecule has 3 aromatic carbocycles. The van der Waals surface area contributed by atoms with Gasteiger partial charge in [-0.2, -0.15) is 5.10 Å². The molecule has 0 saturated carbocycles. The molecule has 3 nitrogen and oxygen atoms in total. The Morgan fingerprint density at radius 3 is 2.52 bits per heavy atom. The molecule has 1 heterocycles. The Bertz CT molecular complexity index is 906. The van der Waals surface area contributed by atoms with Crippen LogP contribution in [0.2, 0.25) is 0 Å². The molecule has 0 unspecified atom stereocenters. The molecule has 1 aliphatic heterocycles. The molecule has 1 aliphatic rings. The first-order chi connectivity index (χ1) is 12.4. The second-order valence-electron chi connectivity index (χ2n) is 5.74. The average molecular weight is 345 g/mol. The number of para-hydroxylation sites is 3. The van der Waals surface area contributed by atoms with Crippen molar-refractivity contribution in [3.63, 3.8) is 0 Å². The first-order valence-corrected chi connectivity index (χ1v) is 9.20. The fraction of sp³-hybridized carbons (Fsp3) is 0.0952. The minimum atomic E-state index is 0.918. The molecule has 0 amide bonds. The van der Waals surface area contributed by atoms with Crippen LogP contribution in [0.1, 0.15) is 12.5 Å². The molecule has 0 bridgehead atoms. The first-order valence-electron chi connectivity index (χ1n) is 8.38. The van der Waals surface area contributed by atoms with Crippen LogP contribution in [0.4, 0.5) is 17.1 Å². The normalized spacial score (nSPS) is 12.8. The zero-order valence-electron chi connectivity index (χ0n) is 14.0. The van der Waals surface area contributed by atoms with Crippen molar-refractivity contribution in [3.8, 4) is 0 Å². The Morgan fingerprint density at radius 2 is 1.68 bits per heavy atom. The van der Waals surface area contributed by atoms with E-state index in [0.717, 1.165) is 17.8 Å². The third kappa shape index (κ3) is 3.13. The van der Waals surface area contributed by atoms with Crippen molar-refractivity contribution in [2.45, 2.75) is 16.7 Å². The van der Waals surface area contributed by atoms with Crippen LogP contribution < -0.4 is 10.3 Å². The Balaban J connectivity index is 1.68. The largest absolute Gasteiger partial charge is 0.339 e. The molecular weight excluding hydrogens is 326 g/mol. The quantitative estimate of drug-likeness (QED) is 0.481. The monoisotopic (exact) mass is 345 g/mol. The van der Waals surface area contributed by atoms with Crippen molar-refractivity contribution in [1.29, 1.82) is 0 Å². The molecule has 0 radical (unpaired) electrons. The van der Waals surface area contributed by atoms with Crippen molar-refractivity contribution in [1.82, 2.24) is 0 Å². The molecule has 124 valence electrons. The number of fused-ring (bicyclic) bond motifs is 2. The summed E-state index contributed by atoms with van der Waals surface area (Å²) < 4.78 is 0. The lowest BCUT2D eigenvalue weighted by Crippen LogP contribution is -2.21. The standard InChI is InChI=1S/C21H19N3S/c1-2-24-18-12-6-7-13-19(18)25-20-14-8-9-16(21(20)24)15-22-23-17-10-4-3-5-11-17/h3-15,23H,2H2,1H3. The molecule has 25 heavy (non-hydrogen) atoms. The van der Waals surface area contributed by atoms with Gasteiger partial charge in [-0.3, -0.25) is 5.43 Å². The van der Waals surface area contributed by atoms with Crippen LogP contribution in [-0.4, -0.2) is 12.8 Å². The highest BCUT2D eigenvalue weighted by Gasteiger charge is 2.23. The Kier molecular flexibility index (Phi) is 4.44. The summed E-state index contributed by atoms with van der Waals surface area (Å²) in [4.78, 5) is 4.93. The number of hydrogen-bond acceptors (Lipinski definition) is 4. The van der Waals surface area contributed by atoms with Gasteiger partial charge in [-0.1, -0.05) is 54.2 Å². The Morgan fingerprint density at radius 1 is 0.920 bits per heavy atom. The minimum absolute atomic E-state index is 0.918. The van der Waals surface area contributed by atoms with Crippen molar-refractivity contribution in [3.05, 3.63) is 78.4 Å². The predicted molar refractivity (Wildman–Crippen MR) is 107 cm³/mol. The van der Waals surface area contributed by atoms with E-state index < -0.39 is 0 Å². The fourth-order valence-corrected chi connectivity index (χ4v) is 4.18. The van der Waals surface area contributed by atoms with E-state index in [-0.39, 0.29) is 0 Å². The van der Waals surface area contributed by atoms with E-state index in [2.05, 4.69) is 64.8 Å². The van der Waals surface area contributed by atoms with Gasteiger partial charge in [0.25, 0.3) is 0 Å². The van der Waals surface area contributed by atoms with Gasteiger partial charge in [-0.15, -0.1) is 0 Å². The summed E-state index contributed by atoms with van der Waals surface area (Å²) in [5, 5.41) is 4.43. The second-order valence-corrected chi connectivity index (χ2v) is 6.83. The smallest absolute Gasteiger partial charge is 0.0642 e. The predicted octanol–water partition coefficient (Wildman–Crippen LogP) is 5.76. The lowest BCUT2D eigenvalue weighted by atomic mass is 10.1. The maximum Gasteiger partial charge on any atom is 0.0642 e. The van der Waals surface area contributed by atoms with Crippen LogP contribution in [0.5, 0.6) is 0 Å². The van der Waals surface area contributed by atoms with Gasteiger partial charge in [-0.05, 0) is 37.3 Å². The highest BCUT2D eigenvalue weighted by atomic mass is 32.2. The first kappa shape index (κ1) is 15.8. The summed E-state index contributed by atoms with van der Waals surface area (Å²) >= 11 is 1.82. The topological polar surface area (TPSA) is 27.6 Å². The average Bonchev–Trinajstić information content (AvgIpc) is 2.67. The summed E-state index contributed by atoms with van der Waals surface area (Å²) in [7, 11) is 0. The van der Waals surface area contributed by atoms with Gasteiger partial charge in [-0.25, -0.2) is 0 Å². The van der Waals surface area contributed by atoms with Crippen molar-refractivity contribution in [2.24, 2.45) is 5.10 Å². The van der Waals surface area contributed by atoms with Crippen LogP contribution in [0, 0.1) is 0 Å². The summed E-state index contributed by atoms with van der Waals surface area (Å²) in [6.45, 7) is 3.11. The number of anilines is 3. The summed E-state index contributed by atoms with van der Waals surface area (Å²) in [5.41, 5.74) is 7.69. The highest BCUT2D eigenvalue weighted by molar-refractivity contribution is 7.99. The van der Waals surface area contributed by atoms with E-state index in [1.807, 2.05) is 48.3 Å². The summed E-state index contributed by atoms with van der Waals surface area (Å²) in [5.74, 6) is 0. The molecular formula is C21H19N3S. The van der Waals surface area contributed by atoms with Crippen molar-refractivity contribution < 1.29 is 0 Å². The molecule has 0 spiro atoms. The molecule has 4 heteroatoms. The molecule has 0 fully saturated rings. The van der Waals surface area contributed by atoms with Gasteiger partial charge in [0.05, 0.1) is 23.3 Å². The molecule has 1 N–H and O–H groups in total. The second kappa shape index (κ2) is 7.03. The number of nitrogens with zero attached hydrogens (tertiary/aromatic N) is 2. The molecule has 0 aromatic heterocycles. The van der Waals surface area contributed by atoms with Gasteiger partial charge >= 0.3 is 0 Å². The molecule has 0 aliphatic carbocycles. The van der Waals surface area contributed by atoms with Crippen molar-refractivity contribution in [2.75, 3.05) is 16.9 Å². The zero-order valence-corrected chi connectivity index (χ0v) is 14.8. The molecule has 4 rings (SSSR count). The van der Waals surface area contributed by atoms with Gasteiger partial charge in [0.1, 0.15) is 0 Å². The lowest BCUT2D eigenvalue weighted by molar-refractivity contribution is 0.977. The van der Waals surface area contributed by atoms with E-state index in [0.29, 0.717) is 0 Å². The van der Waals surface area contributed by atoms with E-state index in [1.54, 1.807) is 0 Å². The van der Waals surface area contributed by atoms with Crippen LogP contribution in [0.15, 0.2) is 87.7 Å². The summed E-state index contributed by atoms with van der Waals surface area (Å²) in [6, 6.07) is 24.9. The Hall–Kier alpha value is -2.72. The van der Waals surface area contributed by atoms with Crippen LogP contribution >= 0.6 is 11.8 Å². The molecule has 0 atom stereocenters. The van der Waals surface area contributed by atoms with Crippen LogP contribution in [-0.2, 0) is 0 Å². The van der Waals surface area contributed by atoms with Gasteiger partial charge < -0.3 is 4.90 Å². The van der Waals surface area contributed by atoms with Gasteiger partial charge in [0, 0.05) is 21.9 Å². The van der Waals surface area contributed by atoms with E-state index in [9.17, 15) is 0 Å². The maximum atomic E-state index is 4.43. The Labute approximate surface area is 152 Å². The highest BCUT2D eigenvalue weighted by Crippen LogP contribution is 2.48. The maximum absolute atomic E-state index is 4.43. The number of hydrogen-bond donors (Lipinski definition) is 1. The third-order valence-electron chi connectivity index (χ3n) is 4.16. The van der Waals surface area contributed by atoms with Crippen LogP contribution in [0.3, 0.4) is 0 Å². The zero-order chi connectivity index (χ0) is 17.1. The van der Waals surface area contributed by atoms with E-state index in [4.69, 9.17) is 0 Å². The van der Waals surface area contributed by atoms with Crippen LogP contribution in [0.25, 0.3) is 0 Å². The van der Waals surface area contributed by atoms with Gasteiger partial charge in [0.2, 0.25) is 0 Å². The van der Waals surface area contributed by atoms with E-state index >= 15 is 0 Å². The molecule has 3 aromatic rings. The summed E-state index contributed by atoms with van der Waals surface area (Å²) in [6.07, 6.45) is 1.91. The number of hydrazone groups is 1. The minimum Gasteiger partial charge on any atom is -0.339 e. The fourth-order valence-electron chi connectivity index (χ4n) is 3.04. The third-order valence-corrected chi connectivity index (χ3v) is 5.28. The van der Waals surface area contributed by atoms with Gasteiger partial charge in [0.15, 0.2) is 0 Å².